The first kappa shape index (κ1) is 21.7. The number of amides is 1. The van der Waals surface area contributed by atoms with Crippen LogP contribution in [-0.4, -0.2) is 45.8 Å². The zero-order valence-corrected chi connectivity index (χ0v) is 17.8. The number of carbonyl (C=O) groups excluding carboxylic acids is 1. The highest BCUT2D eigenvalue weighted by Crippen LogP contribution is 2.27. The van der Waals surface area contributed by atoms with E-state index in [1.54, 1.807) is 18.2 Å². The predicted molar refractivity (Wildman–Crippen MR) is 115 cm³/mol. The Labute approximate surface area is 167 Å². The number of benzene rings is 2. The van der Waals surface area contributed by atoms with Gasteiger partial charge in [-0.25, -0.2) is 12.7 Å². The Morgan fingerprint density at radius 3 is 2.21 bits per heavy atom. The predicted octanol–water partition coefficient (Wildman–Crippen LogP) is 3.04. The van der Waals surface area contributed by atoms with E-state index in [9.17, 15) is 13.2 Å². The molecule has 0 spiro atoms. The fourth-order valence-electron chi connectivity index (χ4n) is 2.76. The van der Waals surface area contributed by atoms with Gasteiger partial charge < -0.3 is 16.0 Å². The summed E-state index contributed by atoms with van der Waals surface area (Å²) >= 11 is 0. The maximum atomic E-state index is 12.4. The van der Waals surface area contributed by atoms with E-state index in [4.69, 9.17) is 0 Å². The first-order valence-electron chi connectivity index (χ1n) is 9.07. The van der Waals surface area contributed by atoms with Gasteiger partial charge in [-0.1, -0.05) is 18.2 Å². The molecule has 28 heavy (non-hydrogen) atoms. The minimum absolute atomic E-state index is 0.0115. The van der Waals surface area contributed by atoms with Crippen LogP contribution in [0.1, 0.15) is 18.1 Å². The summed E-state index contributed by atoms with van der Waals surface area (Å²) in [4.78, 5) is 12.6. The first-order chi connectivity index (χ1) is 13.2. The molecule has 0 aliphatic heterocycles. The van der Waals surface area contributed by atoms with E-state index in [0.29, 0.717) is 12.2 Å². The minimum Gasteiger partial charge on any atom is -0.384 e. The van der Waals surface area contributed by atoms with Gasteiger partial charge in [0, 0.05) is 26.3 Å². The topological polar surface area (TPSA) is 90.5 Å². The number of nitrogens with one attached hydrogen (secondary N) is 3. The second-order valence-corrected chi connectivity index (χ2v) is 8.85. The van der Waals surface area contributed by atoms with Crippen molar-refractivity contribution < 1.29 is 13.2 Å². The second-order valence-electron chi connectivity index (χ2n) is 6.69. The molecule has 0 saturated carbocycles. The van der Waals surface area contributed by atoms with Gasteiger partial charge in [0.15, 0.2) is 0 Å². The van der Waals surface area contributed by atoms with Gasteiger partial charge >= 0.3 is 0 Å². The Hall–Kier alpha value is -2.58. The van der Waals surface area contributed by atoms with Crippen molar-refractivity contribution in [3.63, 3.8) is 0 Å². The van der Waals surface area contributed by atoms with Gasteiger partial charge in [0.25, 0.3) is 0 Å². The van der Waals surface area contributed by atoms with Crippen molar-refractivity contribution in [2.75, 3.05) is 43.1 Å². The van der Waals surface area contributed by atoms with Crippen molar-refractivity contribution in [1.82, 2.24) is 4.31 Å². The maximum Gasteiger partial charge on any atom is 0.243 e. The molecular weight excluding hydrogens is 376 g/mol. The molecule has 0 fully saturated rings. The maximum absolute atomic E-state index is 12.4. The molecule has 0 radical (unpaired) electrons. The Morgan fingerprint density at radius 1 is 1.00 bits per heavy atom. The van der Waals surface area contributed by atoms with Crippen LogP contribution in [0.25, 0.3) is 0 Å². The third kappa shape index (κ3) is 5.02. The fourth-order valence-corrected chi connectivity index (χ4v) is 3.68. The van der Waals surface area contributed by atoms with Crippen LogP contribution in [0, 0.1) is 13.8 Å². The largest absolute Gasteiger partial charge is 0.384 e. The number of hydrogen-bond donors (Lipinski definition) is 3. The minimum atomic E-state index is -3.56. The van der Waals surface area contributed by atoms with Crippen molar-refractivity contribution in [2.45, 2.75) is 25.7 Å². The van der Waals surface area contributed by atoms with Crippen LogP contribution in [-0.2, 0) is 14.8 Å². The van der Waals surface area contributed by atoms with Crippen LogP contribution in [0.3, 0.4) is 0 Å². The first-order valence-corrected chi connectivity index (χ1v) is 10.5. The third-order valence-electron chi connectivity index (χ3n) is 4.32. The van der Waals surface area contributed by atoms with Gasteiger partial charge in [-0.05, 0) is 50.1 Å². The van der Waals surface area contributed by atoms with Crippen molar-refractivity contribution >= 4 is 33.0 Å². The highest BCUT2D eigenvalue weighted by atomic mass is 32.2. The van der Waals surface area contributed by atoms with Gasteiger partial charge in [0.05, 0.1) is 22.8 Å². The zero-order chi connectivity index (χ0) is 20.9. The molecule has 0 aliphatic carbocycles. The summed E-state index contributed by atoms with van der Waals surface area (Å²) in [5.74, 6) is -0.208. The van der Waals surface area contributed by atoms with Crippen LogP contribution in [0.2, 0.25) is 0 Å². The molecule has 0 aromatic heterocycles. The smallest absolute Gasteiger partial charge is 0.243 e. The van der Waals surface area contributed by atoms with Gasteiger partial charge in [-0.3, -0.25) is 4.79 Å². The molecule has 0 saturated heterocycles. The molecule has 2 rings (SSSR count). The molecule has 1 amide bonds. The number of rotatable bonds is 8. The highest BCUT2D eigenvalue weighted by Gasteiger charge is 2.19. The number of sulfonamides is 1. The van der Waals surface area contributed by atoms with Gasteiger partial charge in [0.2, 0.25) is 15.9 Å². The molecule has 2 aromatic carbocycles. The van der Waals surface area contributed by atoms with Crippen molar-refractivity contribution in [1.29, 1.82) is 0 Å². The van der Waals surface area contributed by atoms with Crippen LogP contribution in [0.5, 0.6) is 0 Å². The van der Waals surface area contributed by atoms with E-state index in [0.717, 1.165) is 26.8 Å². The Kier molecular flexibility index (Phi) is 7.04. The van der Waals surface area contributed by atoms with Crippen molar-refractivity contribution in [2.24, 2.45) is 0 Å². The van der Waals surface area contributed by atoms with E-state index >= 15 is 0 Å². The number of nitrogens with zero attached hydrogens (tertiary/aromatic N) is 1. The number of hydrogen-bond acceptors (Lipinski definition) is 5. The molecule has 0 bridgehead atoms. The molecule has 8 heteroatoms. The summed E-state index contributed by atoms with van der Waals surface area (Å²) in [5.41, 5.74) is 4.06. The normalized spacial score (nSPS) is 11.4. The standard InChI is InChI=1S/C20H28N4O3S/c1-6-21-17-11-10-16(28(26,27)24(4)5)12-18(17)22-13-19(25)23-20-14(2)8-7-9-15(20)3/h7-12,21-22H,6,13H2,1-5H3,(H,23,25). The van der Waals surface area contributed by atoms with Gasteiger partial charge in [-0.2, -0.15) is 0 Å². The monoisotopic (exact) mass is 404 g/mol. The summed E-state index contributed by atoms with van der Waals surface area (Å²) in [6, 6.07) is 10.6. The summed E-state index contributed by atoms with van der Waals surface area (Å²) in [5, 5.41) is 9.14. The van der Waals surface area contributed by atoms with E-state index in [1.807, 2.05) is 39.0 Å². The number of anilines is 3. The van der Waals surface area contributed by atoms with E-state index in [1.165, 1.54) is 14.1 Å². The van der Waals surface area contributed by atoms with Crippen LogP contribution >= 0.6 is 0 Å². The highest BCUT2D eigenvalue weighted by molar-refractivity contribution is 7.89. The molecule has 2 aromatic rings. The van der Waals surface area contributed by atoms with Crippen molar-refractivity contribution in [3.8, 4) is 0 Å². The van der Waals surface area contributed by atoms with Gasteiger partial charge in [-0.15, -0.1) is 0 Å². The zero-order valence-electron chi connectivity index (χ0n) is 17.0. The Bertz CT molecular complexity index is 936. The van der Waals surface area contributed by atoms with Crippen molar-refractivity contribution in [3.05, 3.63) is 47.5 Å². The summed E-state index contributed by atoms with van der Waals surface area (Å²) in [6.45, 7) is 6.51. The van der Waals surface area contributed by atoms with E-state index < -0.39 is 10.0 Å². The SMILES string of the molecule is CCNc1ccc(S(=O)(=O)N(C)C)cc1NCC(=O)Nc1c(C)cccc1C. The quantitative estimate of drug-likeness (QED) is 0.629. The van der Waals surface area contributed by atoms with E-state index in [-0.39, 0.29) is 17.3 Å². The Balaban J connectivity index is 2.20. The molecule has 0 heterocycles. The molecule has 0 aliphatic rings. The molecular formula is C20H28N4O3S. The molecule has 0 unspecified atom stereocenters. The third-order valence-corrected chi connectivity index (χ3v) is 6.13. The fraction of sp³-hybridized carbons (Fsp3) is 0.350. The average molecular weight is 405 g/mol. The average Bonchev–Trinajstić information content (AvgIpc) is 2.64. The molecule has 3 N–H and O–H groups in total. The lowest BCUT2D eigenvalue weighted by atomic mass is 10.1. The second kappa shape index (κ2) is 9.07. The molecule has 152 valence electrons. The van der Waals surface area contributed by atoms with Crippen LogP contribution in [0.4, 0.5) is 17.1 Å². The number of aryl methyl sites for hydroxylation is 2. The molecule has 7 nitrogen and oxygen atoms in total. The summed E-state index contributed by atoms with van der Waals surface area (Å²) in [7, 11) is -0.595. The van der Waals surface area contributed by atoms with Crippen LogP contribution < -0.4 is 16.0 Å². The van der Waals surface area contributed by atoms with Crippen LogP contribution in [0.15, 0.2) is 41.3 Å². The lowest BCUT2D eigenvalue weighted by Gasteiger charge is -2.17. The Morgan fingerprint density at radius 2 is 1.64 bits per heavy atom. The van der Waals surface area contributed by atoms with Gasteiger partial charge in [0.1, 0.15) is 0 Å². The lowest BCUT2D eigenvalue weighted by molar-refractivity contribution is -0.114. The summed E-state index contributed by atoms with van der Waals surface area (Å²) < 4.78 is 26.0. The number of para-hydroxylation sites is 1. The summed E-state index contributed by atoms with van der Waals surface area (Å²) in [6.07, 6.45) is 0. The number of carbonyl (C=O) groups is 1. The van der Waals surface area contributed by atoms with E-state index in [2.05, 4.69) is 16.0 Å². The lowest BCUT2D eigenvalue weighted by Crippen LogP contribution is -2.24. The molecule has 0 atom stereocenters.